The number of fused-ring (bicyclic) bond motifs is 1. The van der Waals surface area contributed by atoms with Gasteiger partial charge in [0.2, 0.25) is 16.0 Å². The highest BCUT2D eigenvalue weighted by atomic mass is 32.1. The number of hydrogen-bond acceptors (Lipinski definition) is 8. The van der Waals surface area contributed by atoms with Crippen molar-refractivity contribution in [2.45, 2.75) is 6.92 Å². The molecule has 0 atom stereocenters. The molecule has 0 bridgehead atoms. The molecule has 0 radical (unpaired) electrons. The van der Waals surface area contributed by atoms with E-state index in [0.29, 0.717) is 11.1 Å². The minimum Gasteiger partial charge on any atom is -0.297 e. The van der Waals surface area contributed by atoms with Crippen molar-refractivity contribution in [3.63, 3.8) is 0 Å². The van der Waals surface area contributed by atoms with E-state index in [4.69, 9.17) is 0 Å². The van der Waals surface area contributed by atoms with Gasteiger partial charge in [0.25, 0.3) is 0 Å². The Balaban J connectivity index is 1.62. The summed E-state index contributed by atoms with van der Waals surface area (Å²) in [5.41, 5.74) is 1.07. The van der Waals surface area contributed by atoms with Crippen LogP contribution in [0.5, 0.6) is 0 Å². The first kappa shape index (κ1) is 11.9. The molecule has 0 aromatic carbocycles. The maximum atomic E-state index is 4.40. The SMILES string of the molecule is Cc1csc2nc(Nc3nnc(-c4cccs4)s3)nn12. The Hall–Kier alpha value is -1.84. The quantitative estimate of drug-likeness (QED) is 0.626. The molecule has 0 spiro atoms. The number of nitrogens with one attached hydrogen (secondary N) is 1. The van der Waals surface area contributed by atoms with E-state index in [0.717, 1.165) is 20.5 Å². The second kappa shape index (κ2) is 4.62. The van der Waals surface area contributed by atoms with E-state index in [2.05, 4.69) is 25.6 Å². The maximum Gasteiger partial charge on any atom is 0.250 e. The van der Waals surface area contributed by atoms with Gasteiger partial charge in [-0.1, -0.05) is 17.4 Å². The fraction of sp³-hybridized carbons (Fsp3) is 0.0909. The monoisotopic (exact) mass is 320 g/mol. The van der Waals surface area contributed by atoms with Gasteiger partial charge in [0.05, 0.1) is 10.6 Å². The van der Waals surface area contributed by atoms with Crippen molar-refractivity contribution in [3.8, 4) is 9.88 Å². The average molecular weight is 320 g/mol. The molecular formula is C11H8N6S3. The molecule has 0 fully saturated rings. The third-order valence-electron chi connectivity index (χ3n) is 2.62. The number of anilines is 2. The Labute approximate surface area is 125 Å². The molecular weight excluding hydrogens is 312 g/mol. The zero-order chi connectivity index (χ0) is 13.5. The van der Waals surface area contributed by atoms with Gasteiger partial charge in [-0.05, 0) is 18.4 Å². The van der Waals surface area contributed by atoms with Gasteiger partial charge >= 0.3 is 0 Å². The Kier molecular flexibility index (Phi) is 2.76. The average Bonchev–Trinajstić information content (AvgIpc) is 3.17. The molecule has 4 heterocycles. The lowest BCUT2D eigenvalue weighted by atomic mass is 10.5. The van der Waals surface area contributed by atoms with Gasteiger partial charge in [0, 0.05) is 5.38 Å². The molecule has 20 heavy (non-hydrogen) atoms. The summed E-state index contributed by atoms with van der Waals surface area (Å²) >= 11 is 4.71. The van der Waals surface area contributed by atoms with E-state index >= 15 is 0 Å². The highest BCUT2D eigenvalue weighted by Gasteiger charge is 2.11. The molecule has 0 unspecified atom stereocenters. The van der Waals surface area contributed by atoms with Crippen LogP contribution in [-0.2, 0) is 0 Å². The van der Waals surface area contributed by atoms with Crippen molar-refractivity contribution >= 4 is 50.1 Å². The van der Waals surface area contributed by atoms with Gasteiger partial charge in [-0.15, -0.1) is 38.0 Å². The molecule has 0 amide bonds. The molecule has 0 saturated heterocycles. The molecule has 6 nitrogen and oxygen atoms in total. The highest BCUT2D eigenvalue weighted by Crippen LogP contribution is 2.30. The van der Waals surface area contributed by atoms with Crippen LogP contribution in [0, 0.1) is 6.92 Å². The van der Waals surface area contributed by atoms with Crippen molar-refractivity contribution in [1.29, 1.82) is 0 Å². The minimum atomic E-state index is 0.550. The molecule has 4 rings (SSSR count). The highest BCUT2D eigenvalue weighted by molar-refractivity contribution is 7.23. The second-order valence-electron chi connectivity index (χ2n) is 4.02. The summed E-state index contributed by atoms with van der Waals surface area (Å²) < 4.78 is 1.81. The zero-order valence-corrected chi connectivity index (χ0v) is 12.7. The van der Waals surface area contributed by atoms with E-state index in [-0.39, 0.29) is 0 Å². The third-order valence-corrected chi connectivity index (χ3v) is 5.43. The summed E-state index contributed by atoms with van der Waals surface area (Å²) in [6.45, 7) is 2.00. The fourth-order valence-corrected chi connectivity index (χ4v) is 4.04. The van der Waals surface area contributed by atoms with Gasteiger partial charge in [-0.25, -0.2) is 4.52 Å². The Morgan fingerprint density at radius 1 is 1.25 bits per heavy atom. The molecule has 4 aromatic heterocycles. The summed E-state index contributed by atoms with van der Waals surface area (Å²) in [5.74, 6) is 0.550. The van der Waals surface area contributed by atoms with Gasteiger partial charge in [0.15, 0.2) is 5.01 Å². The lowest BCUT2D eigenvalue weighted by Gasteiger charge is -1.92. The molecule has 0 aliphatic carbocycles. The van der Waals surface area contributed by atoms with Crippen LogP contribution in [0.2, 0.25) is 0 Å². The van der Waals surface area contributed by atoms with Gasteiger partial charge in [0.1, 0.15) is 0 Å². The number of nitrogens with zero attached hydrogens (tertiary/aromatic N) is 5. The minimum absolute atomic E-state index is 0.550. The third kappa shape index (κ3) is 1.99. The number of thiophene rings is 1. The number of aryl methyl sites for hydroxylation is 1. The fourth-order valence-electron chi connectivity index (χ4n) is 1.71. The predicted molar refractivity (Wildman–Crippen MR) is 82.1 cm³/mol. The van der Waals surface area contributed by atoms with Crippen molar-refractivity contribution in [1.82, 2.24) is 24.8 Å². The Morgan fingerprint density at radius 2 is 2.20 bits per heavy atom. The van der Waals surface area contributed by atoms with Crippen LogP contribution in [0.3, 0.4) is 0 Å². The molecule has 0 aliphatic rings. The topological polar surface area (TPSA) is 68.0 Å². The van der Waals surface area contributed by atoms with Gasteiger partial charge < -0.3 is 0 Å². The summed E-state index contributed by atoms with van der Waals surface area (Å²) in [4.78, 5) is 6.39. The van der Waals surface area contributed by atoms with Crippen molar-refractivity contribution in [2.75, 3.05) is 5.32 Å². The van der Waals surface area contributed by atoms with Crippen molar-refractivity contribution < 1.29 is 0 Å². The van der Waals surface area contributed by atoms with Crippen LogP contribution in [0.4, 0.5) is 11.1 Å². The van der Waals surface area contributed by atoms with Crippen LogP contribution in [0.15, 0.2) is 22.9 Å². The maximum absolute atomic E-state index is 4.40. The van der Waals surface area contributed by atoms with E-state index in [9.17, 15) is 0 Å². The summed E-state index contributed by atoms with van der Waals surface area (Å²) in [6.07, 6.45) is 0. The lowest BCUT2D eigenvalue weighted by Crippen LogP contribution is -1.93. The van der Waals surface area contributed by atoms with Crippen LogP contribution >= 0.6 is 34.0 Å². The van der Waals surface area contributed by atoms with E-state index in [1.807, 2.05) is 34.3 Å². The molecule has 4 aromatic rings. The lowest BCUT2D eigenvalue weighted by molar-refractivity contribution is 0.935. The molecule has 1 N–H and O–H groups in total. The molecule has 0 saturated carbocycles. The number of aromatic nitrogens is 5. The predicted octanol–water partition coefficient (Wildman–Crippen LogP) is 3.42. The van der Waals surface area contributed by atoms with Gasteiger partial charge in [-0.2, -0.15) is 4.98 Å². The largest absolute Gasteiger partial charge is 0.297 e. The van der Waals surface area contributed by atoms with Crippen molar-refractivity contribution in [3.05, 3.63) is 28.6 Å². The van der Waals surface area contributed by atoms with Crippen LogP contribution in [0.1, 0.15) is 5.69 Å². The summed E-state index contributed by atoms with van der Waals surface area (Å²) in [6, 6.07) is 4.03. The smallest absolute Gasteiger partial charge is 0.250 e. The normalized spacial score (nSPS) is 11.2. The molecule has 0 aliphatic heterocycles. The second-order valence-corrected chi connectivity index (χ2v) is 6.78. The number of hydrogen-bond donors (Lipinski definition) is 1. The zero-order valence-electron chi connectivity index (χ0n) is 10.3. The first-order valence-corrected chi connectivity index (χ1v) is 8.32. The van der Waals surface area contributed by atoms with E-state index in [1.54, 1.807) is 22.7 Å². The van der Waals surface area contributed by atoms with Gasteiger partial charge in [-0.3, -0.25) is 5.32 Å². The van der Waals surface area contributed by atoms with Crippen molar-refractivity contribution in [2.24, 2.45) is 0 Å². The molecule has 100 valence electrons. The standard InChI is InChI=1S/C11H8N6S3/c1-6-5-19-11-13-9(16-17(6)11)12-10-15-14-8(20-10)7-3-2-4-18-7/h2-5H,1H3,(H,12,15,16). The van der Waals surface area contributed by atoms with Crippen LogP contribution in [0.25, 0.3) is 14.8 Å². The number of rotatable bonds is 3. The van der Waals surface area contributed by atoms with Crippen LogP contribution in [-0.4, -0.2) is 24.8 Å². The Bertz CT molecular complexity index is 856. The van der Waals surface area contributed by atoms with E-state index < -0.39 is 0 Å². The first-order chi connectivity index (χ1) is 9.79. The van der Waals surface area contributed by atoms with E-state index in [1.165, 1.54) is 11.3 Å². The Morgan fingerprint density at radius 3 is 3.00 bits per heavy atom. The summed E-state index contributed by atoms with van der Waals surface area (Å²) in [5, 5.41) is 21.4. The van der Waals surface area contributed by atoms with Crippen LogP contribution < -0.4 is 5.32 Å². The molecule has 9 heteroatoms. The first-order valence-electron chi connectivity index (χ1n) is 5.75. The summed E-state index contributed by atoms with van der Waals surface area (Å²) in [7, 11) is 0. The number of thiazole rings is 1.